The molecule has 0 atom stereocenters. The molecule has 4 heteroatoms. The third kappa shape index (κ3) is 1.19. The van der Waals surface area contributed by atoms with E-state index in [4.69, 9.17) is 0 Å². The number of H-pyrrole nitrogens is 2. The molecule has 0 saturated heterocycles. The lowest BCUT2D eigenvalue weighted by Crippen LogP contribution is -2.01. The summed E-state index contributed by atoms with van der Waals surface area (Å²) >= 11 is 0. The highest BCUT2D eigenvalue weighted by atomic mass is 16.1. The molecule has 0 unspecified atom stereocenters. The maximum absolute atomic E-state index is 10.4. The van der Waals surface area contributed by atoms with Gasteiger partial charge in [-0.3, -0.25) is 4.98 Å². The second-order valence-corrected chi connectivity index (χ2v) is 2.22. The minimum absolute atomic E-state index is 0.237. The normalized spacial score (nSPS) is 10.6. The topological polar surface area (TPSA) is 61.5 Å². The lowest BCUT2D eigenvalue weighted by atomic mass is 10.2. The molecular weight excluding hydrogens is 118 g/mol. The second kappa shape index (κ2) is 2.05. The quantitative estimate of drug-likeness (QED) is 0.567. The van der Waals surface area contributed by atoms with Crippen LogP contribution in [-0.2, 0) is 0 Å². The maximum atomic E-state index is 10.4. The van der Waals surface area contributed by atoms with Crippen molar-refractivity contribution in [3.8, 4) is 0 Å². The lowest BCUT2D eigenvalue weighted by Gasteiger charge is -1.93. The Bertz CT molecular complexity index is 234. The molecule has 0 aliphatic heterocycles. The average molecular weight is 127 g/mol. The lowest BCUT2D eigenvalue weighted by molar-refractivity contribution is 0.780. The summed E-state index contributed by atoms with van der Waals surface area (Å²) in [6.07, 6.45) is 0. The van der Waals surface area contributed by atoms with Crippen molar-refractivity contribution in [1.82, 2.24) is 15.2 Å². The molecule has 2 N–H and O–H groups in total. The van der Waals surface area contributed by atoms with Crippen LogP contribution in [0.1, 0.15) is 25.6 Å². The largest absolute Gasteiger partial charge is 0.340 e. The summed E-state index contributed by atoms with van der Waals surface area (Å²) in [6.45, 7) is 3.93. The summed E-state index contributed by atoms with van der Waals surface area (Å²) in [6, 6.07) is 0. The zero-order valence-electron chi connectivity index (χ0n) is 5.43. The van der Waals surface area contributed by atoms with E-state index in [0.717, 1.165) is 0 Å². The van der Waals surface area contributed by atoms with Gasteiger partial charge in [0, 0.05) is 5.92 Å². The molecule has 0 aliphatic rings. The van der Waals surface area contributed by atoms with Gasteiger partial charge in [0.2, 0.25) is 0 Å². The SMILES string of the molecule is CC(C)c1n[nH]c(=O)[nH]1. The number of aromatic nitrogens is 3. The number of nitrogens with zero attached hydrogens (tertiary/aromatic N) is 1. The first-order valence-electron chi connectivity index (χ1n) is 2.84. The van der Waals surface area contributed by atoms with Gasteiger partial charge < -0.3 is 0 Å². The van der Waals surface area contributed by atoms with Crippen molar-refractivity contribution >= 4 is 0 Å². The van der Waals surface area contributed by atoms with Gasteiger partial charge in [0.15, 0.2) is 0 Å². The van der Waals surface area contributed by atoms with Crippen molar-refractivity contribution in [3.05, 3.63) is 16.3 Å². The van der Waals surface area contributed by atoms with E-state index in [1.807, 2.05) is 13.8 Å². The first-order valence-corrected chi connectivity index (χ1v) is 2.84. The molecule has 0 spiro atoms. The van der Waals surface area contributed by atoms with E-state index in [-0.39, 0.29) is 11.6 Å². The van der Waals surface area contributed by atoms with Gasteiger partial charge in [0.05, 0.1) is 0 Å². The van der Waals surface area contributed by atoms with Gasteiger partial charge in [-0.25, -0.2) is 9.89 Å². The van der Waals surface area contributed by atoms with E-state index in [1.54, 1.807) is 0 Å². The van der Waals surface area contributed by atoms with Crippen LogP contribution < -0.4 is 5.69 Å². The maximum Gasteiger partial charge on any atom is 0.340 e. The van der Waals surface area contributed by atoms with Crippen LogP contribution in [0.5, 0.6) is 0 Å². The second-order valence-electron chi connectivity index (χ2n) is 2.22. The Morgan fingerprint density at radius 2 is 2.22 bits per heavy atom. The predicted octanol–water partition coefficient (Wildman–Crippen LogP) is 0.221. The van der Waals surface area contributed by atoms with Crippen molar-refractivity contribution in [3.63, 3.8) is 0 Å². The number of hydrogen-bond donors (Lipinski definition) is 2. The molecule has 0 fully saturated rings. The van der Waals surface area contributed by atoms with Crippen LogP contribution in [0.15, 0.2) is 4.79 Å². The van der Waals surface area contributed by atoms with Crippen molar-refractivity contribution < 1.29 is 0 Å². The van der Waals surface area contributed by atoms with Gasteiger partial charge in [0.25, 0.3) is 0 Å². The smallest absolute Gasteiger partial charge is 0.293 e. The molecule has 9 heavy (non-hydrogen) atoms. The Balaban J connectivity index is 2.98. The van der Waals surface area contributed by atoms with Gasteiger partial charge in [-0.2, -0.15) is 5.10 Å². The molecule has 4 nitrogen and oxygen atoms in total. The molecule has 0 saturated carbocycles. The summed E-state index contributed by atoms with van der Waals surface area (Å²) in [5.74, 6) is 0.990. The van der Waals surface area contributed by atoms with Gasteiger partial charge in [-0.15, -0.1) is 0 Å². The molecular formula is C5H9N3O. The summed E-state index contributed by atoms with van der Waals surface area (Å²) < 4.78 is 0. The highest BCUT2D eigenvalue weighted by molar-refractivity contribution is 4.86. The Labute approximate surface area is 52.3 Å². The van der Waals surface area contributed by atoms with Gasteiger partial charge in [-0.1, -0.05) is 13.8 Å². The number of nitrogens with one attached hydrogen (secondary N) is 2. The average Bonchev–Trinajstić information content (AvgIpc) is 2.14. The van der Waals surface area contributed by atoms with Crippen molar-refractivity contribution in [2.75, 3.05) is 0 Å². The van der Waals surface area contributed by atoms with E-state index >= 15 is 0 Å². The molecule has 1 heterocycles. The van der Waals surface area contributed by atoms with Gasteiger partial charge in [-0.05, 0) is 0 Å². The minimum atomic E-state index is -0.237. The van der Waals surface area contributed by atoms with E-state index in [1.165, 1.54) is 0 Å². The minimum Gasteiger partial charge on any atom is -0.293 e. The first-order chi connectivity index (χ1) is 4.20. The van der Waals surface area contributed by atoms with E-state index in [9.17, 15) is 4.79 Å². The third-order valence-electron chi connectivity index (χ3n) is 1.07. The molecule has 1 aromatic rings. The summed E-state index contributed by atoms with van der Waals surface area (Å²) in [5.41, 5.74) is -0.237. The Morgan fingerprint density at radius 3 is 2.44 bits per heavy atom. The van der Waals surface area contributed by atoms with Crippen molar-refractivity contribution in [2.24, 2.45) is 0 Å². The molecule has 50 valence electrons. The Hall–Kier alpha value is -1.06. The fraction of sp³-hybridized carbons (Fsp3) is 0.600. The third-order valence-corrected chi connectivity index (χ3v) is 1.07. The molecule has 0 amide bonds. The molecule has 1 aromatic heterocycles. The fourth-order valence-corrected chi connectivity index (χ4v) is 0.557. The summed E-state index contributed by atoms with van der Waals surface area (Å²) in [5, 5.41) is 6.01. The Morgan fingerprint density at radius 1 is 1.56 bits per heavy atom. The van der Waals surface area contributed by atoms with Crippen LogP contribution in [-0.4, -0.2) is 15.2 Å². The standard InChI is InChI=1S/C5H9N3O/c1-3(2)4-6-5(9)8-7-4/h3H,1-2H3,(H2,6,7,8,9). The van der Waals surface area contributed by atoms with Crippen molar-refractivity contribution in [1.29, 1.82) is 0 Å². The highest BCUT2D eigenvalue weighted by Crippen LogP contribution is 2.02. The highest BCUT2D eigenvalue weighted by Gasteiger charge is 2.00. The zero-order chi connectivity index (χ0) is 6.85. The summed E-state index contributed by atoms with van der Waals surface area (Å²) in [7, 11) is 0. The molecule has 0 aliphatic carbocycles. The summed E-state index contributed by atoms with van der Waals surface area (Å²) in [4.78, 5) is 13.0. The molecule has 0 bridgehead atoms. The first kappa shape index (κ1) is 6.07. The number of aromatic amines is 2. The van der Waals surface area contributed by atoms with Gasteiger partial charge in [0.1, 0.15) is 5.82 Å². The van der Waals surface area contributed by atoms with Crippen LogP contribution >= 0.6 is 0 Å². The Kier molecular flexibility index (Phi) is 1.38. The zero-order valence-corrected chi connectivity index (χ0v) is 5.43. The molecule has 1 rings (SSSR count). The van der Waals surface area contributed by atoms with Crippen molar-refractivity contribution in [2.45, 2.75) is 19.8 Å². The van der Waals surface area contributed by atoms with E-state index in [2.05, 4.69) is 15.2 Å². The van der Waals surface area contributed by atoms with E-state index < -0.39 is 0 Å². The van der Waals surface area contributed by atoms with Crippen LogP contribution in [0.4, 0.5) is 0 Å². The van der Waals surface area contributed by atoms with Crippen LogP contribution in [0.2, 0.25) is 0 Å². The fourth-order valence-electron chi connectivity index (χ4n) is 0.557. The molecule has 0 aromatic carbocycles. The monoisotopic (exact) mass is 127 g/mol. The number of hydrogen-bond acceptors (Lipinski definition) is 2. The molecule has 0 radical (unpaired) electrons. The predicted molar refractivity (Wildman–Crippen MR) is 33.3 cm³/mol. The van der Waals surface area contributed by atoms with Crippen LogP contribution in [0.3, 0.4) is 0 Å². The van der Waals surface area contributed by atoms with Crippen LogP contribution in [0, 0.1) is 0 Å². The van der Waals surface area contributed by atoms with Crippen LogP contribution in [0.25, 0.3) is 0 Å². The van der Waals surface area contributed by atoms with E-state index in [0.29, 0.717) is 5.82 Å². The number of rotatable bonds is 1. The van der Waals surface area contributed by atoms with Gasteiger partial charge >= 0.3 is 5.69 Å².